The molecule has 0 radical (unpaired) electrons. The Morgan fingerprint density at radius 2 is 1.96 bits per heavy atom. The van der Waals surface area contributed by atoms with Crippen molar-refractivity contribution in [2.75, 3.05) is 13.2 Å². The average molecular weight is 339 g/mol. The third-order valence-corrected chi connectivity index (χ3v) is 4.79. The highest BCUT2D eigenvalue weighted by Crippen LogP contribution is 2.44. The van der Waals surface area contributed by atoms with E-state index in [1.165, 1.54) is 0 Å². The number of hydrogen-bond acceptors (Lipinski definition) is 3. The van der Waals surface area contributed by atoms with Gasteiger partial charge in [-0.3, -0.25) is 4.98 Å². The first-order valence-corrected chi connectivity index (χ1v) is 8.65. The van der Waals surface area contributed by atoms with E-state index >= 15 is 0 Å². The number of carbonyl (C=O) groups excluding carboxylic acids is 1. The smallest absolute Gasteiger partial charge is 0.315 e. The van der Waals surface area contributed by atoms with Gasteiger partial charge in [-0.25, -0.2) is 4.79 Å². The molecular weight excluding hydrogens is 314 g/mol. The lowest BCUT2D eigenvalue weighted by atomic mass is 9.97. The molecule has 0 aliphatic heterocycles. The zero-order valence-corrected chi connectivity index (χ0v) is 14.7. The molecule has 1 aromatic heterocycles. The first kappa shape index (κ1) is 17.4. The summed E-state index contributed by atoms with van der Waals surface area (Å²) in [6.45, 7) is 4.72. The van der Waals surface area contributed by atoms with Gasteiger partial charge in [0.2, 0.25) is 0 Å². The highest BCUT2D eigenvalue weighted by Gasteiger charge is 2.42. The molecule has 0 saturated heterocycles. The van der Waals surface area contributed by atoms with Gasteiger partial charge in [-0.05, 0) is 43.9 Å². The number of urea groups is 1. The highest BCUT2D eigenvalue weighted by atomic mass is 16.3. The Hall–Kier alpha value is -2.40. The lowest BCUT2D eigenvalue weighted by Gasteiger charge is -2.22. The second-order valence-corrected chi connectivity index (χ2v) is 7.13. The predicted octanol–water partition coefficient (Wildman–Crippen LogP) is 2.86. The minimum atomic E-state index is -0.267. The molecule has 2 aromatic rings. The Kier molecular flexibility index (Phi) is 5.04. The first-order chi connectivity index (χ1) is 12.0. The molecule has 0 spiro atoms. The summed E-state index contributed by atoms with van der Waals surface area (Å²) in [6.07, 6.45) is 5.43. The van der Waals surface area contributed by atoms with Gasteiger partial charge >= 0.3 is 6.03 Å². The van der Waals surface area contributed by atoms with E-state index in [4.69, 9.17) is 0 Å². The van der Waals surface area contributed by atoms with Crippen LogP contribution in [0.5, 0.6) is 0 Å². The summed E-state index contributed by atoms with van der Waals surface area (Å²) in [5.74, 6) is 0. The maximum absolute atomic E-state index is 12.4. The number of amides is 2. The maximum Gasteiger partial charge on any atom is 0.315 e. The van der Waals surface area contributed by atoms with Gasteiger partial charge in [-0.15, -0.1) is 0 Å². The molecule has 1 aliphatic rings. The third-order valence-electron chi connectivity index (χ3n) is 4.79. The van der Waals surface area contributed by atoms with E-state index < -0.39 is 0 Å². The Morgan fingerprint density at radius 1 is 1.24 bits per heavy atom. The topological polar surface area (TPSA) is 74.2 Å². The van der Waals surface area contributed by atoms with Crippen molar-refractivity contribution >= 4 is 6.03 Å². The monoisotopic (exact) mass is 339 g/mol. The summed E-state index contributed by atoms with van der Waals surface area (Å²) in [5, 5.41) is 15.4. The second-order valence-electron chi connectivity index (χ2n) is 7.13. The molecule has 1 aliphatic carbocycles. The van der Waals surface area contributed by atoms with Crippen molar-refractivity contribution in [2.45, 2.75) is 32.7 Å². The highest BCUT2D eigenvalue weighted by molar-refractivity contribution is 5.75. The van der Waals surface area contributed by atoms with Crippen LogP contribution in [0, 0.1) is 19.3 Å². The van der Waals surface area contributed by atoms with Gasteiger partial charge in [0.1, 0.15) is 0 Å². The van der Waals surface area contributed by atoms with Crippen molar-refractivity contribution < 1.29 is 9.90 Å². The van der Waals surface area contributed by atoms with Crippen LogP contribution in [0.3, 0.4) is 0 Å². The van der Waals surface area contributed by atoms with Crippen LogP contribution in [0.25, 0.3) is 0 Å². The summed E-state index contributed by atoms with van der Waals surface area (Å²) in [6, 6.07) is 9.62. The summed E-state index contributed by atoms with van der Waals surface area (Å²) in [5.41, 5.74) is 4.17. The van der Waals surface area contributed by atoms with Crippen molar-refractivity contribution in [1.29, 1.82) is 0 Å². The first-order valence-electron chi connectivity index (χ1n) is 8.65. The molecule has 0 unspecified atom stereocenters. The van der Waals surface area contributed by atoms with Crippen LogP contribution in [0.4, 0.5) is 4.79 Å². The van der Waals surface area contributed by atoms with Gasteiger partial charge in [-0.1, -0.05) is 35.4 Å². The van der Waals surface area contributed by atoms with Crippen molar-refractivity contribution in [3.8, 4) is 0 Å². The molecule has 132 valence electrons. The second kappa shape index (κ2) is 7.23. The van der Waals surface area contributed by atoms with E-state index in [2.05, 4.69) is 47.7 Å². The summed E-state index contributed by atoms with van der Waals surface area (Å²) in [4.78, 5) is 16.6. The lowest BCUT2D eigenvalue weighted by Crippen LogP contribution is -2.41. The minimum Gasteiger partial charge on any atom is -0.396 e. The molecule has 1 fully saturated rings. The summed E-state index contributed by atoms with van der Waals surface area (Å²) >= 11 is 0. The average Bonchev–Trinajstić information content (AvgIpc) is 3.38. The van der Waals surface area contributed by atoms with Crippen molar-refractivity contribution in [1.82, 2.24) is 15.6 Å². The zero-order valence-electron chi connectivity index (χ0n) is 14.7. The van der Waals surface area contributed by atoms with Crippen LogP contribution in [0.2, 0.25) is 0 Å². The van der Waals surface area contributed by atoms with E-state index in [0.29, 0.717) is 6.54 Å². The minimum absolute atomic E-state index is 0.110. The zero-order chi connectivity index (χ0) is 17.9. The van der Waals surface area contributed by atoms with Crippen molar-refractivity contribution in [2.24, 2.45) is 5.41 Å². The number of aliphatic hydroxyl groups is 1. The number of nitrogens with zero attached hydrogens (tertiary/aromatic N) is 1. The number of carbonyl (C=O) groups is 1. The van der Waals surface area contributed by atoms with Gasteiger partial charge in [0.25, 0.3) is 0 Å². The molecule has 5 nitrogen and oxygen atoms in total. The number of aryl methyl sites for hydroxylation is 2. The Morgan fingerprint density at radius 3 is 2.52 bits per heavy atom. The maximum atomic E-state index is 12.4. The number of rotatable bonds is 6. The molecule has 0 bridgehead atoms. The quantitative estimate of drug-likeness (QED) is 0.757. The Labute approximate surface area is 148 Å². The van der Waals surface area contributed by atoms with E-state index in [1.807, 2.05) is 12.1 Å². The summed E-state index contributed by atoms with van der Waals surface area (Å²) in [7, 11) is 0. The third kappa shape index (κ3) is 4.37. The Balaban J connectivity index is 1.78. The molecule has 2 amide bonds. The van der Waals surface area contributed by atoms with Gasteiger partial charge in [0, 0.05) is 24.4 Å². The fourth-order valence-corrected chi connectivity index (χ4v) is 3.10. The van der Waals surface area contributed by atoms with Gasteiger partial charge < -0.3 is 15.7 Å². The van der Waals surface area contributed by atoms with Gasteiger partial charge in [0.05, 0.1) is 12.6 Å². The molecule has 1 atom stereocenters. The molecule has 3 rings (SSSR count). The number of benzene rings is 1. The number of pyridine rings is 1. The largest absolute Gasteiger partial charge is 0.396 e. The van der Waals surface area contributed by atoms with Crippen molar-refractivity contribution in [3.63, 3.8) is 0 Å². The van der Waals surface area contributed by atoms with Crippen molar-refractivity contribution in [3.05, 3.63) is 65.0 Å². The number of nitrogens with one attached hydrogen (secondary N) is 2. The van der Waals surface area contributed by atoms with Crippen LogP contribution >= 0.6 is 0 Å². The standard InChI is InChI=1S/C20H25N3O2/c1-14-8-15(2)10-17(9-14)18(16-4-3-7-21-11-16)23-19(25)22-12-20(13-24)5-6-20/h3-4,7-11,18,24H,5-6,12-13H2,1-2H3,(H2,22,23,25)/t18-/m1/s1. The predicted molar refractivity (Wildman–Crippen MR) is 97.3 cm³/mol. The van der Waals surface area contributed by atoms with Crippen LogP contribution < -0.4 is 10.6 Å². The van der Waals surface area contributed by atoms with Crippen LogP contribution in [-0.4, -0.2) is 29.3 Å². The van der Waals surface area contributed by atoms with E-state index in [1.54, 1.807) is 12.4 Å². The van der Waals surface area contributed by atoms with Gasteiger partial charge in [0.15, 0.2) is 0 Å². The Bertz CT molecular complexity index is 722. The number of hydrogen-bond donors (Lipinski definition) is 3. The van der Waals surface area contributed by atoms with Crippen LogP contribution in [-0.2, 0) is 0 Å². The lowest BCUT2D eigenvalue weighted by molar-refractivity contribution is 0.202. The van der Waals surface area contributed by atoms with Crippen LogP contribution in [0.1, 0.15) is 41.1 Å². The molecule has 25 heavy (non-hydrogen) atoms. The van der Waals surface area contributed by atoms with Gasteiger partial charge in [-0.2, -0.15) is 0 Å². The SMILES string of the molecule is Cc1cc(C)cc([C@H](NC(=O)NCC2(CO)CC2)c2cccnc2)c1. The number of aromatic nitrogens is 1. The normalized spacial score (nSPS) is 16.1. The molecule has 5 heteroatoms. The molecule has 1 saturated carbocycles. The van der Waals surface area contributed by atoms with E-state index in [0.717, 1.165) is 35.1 Å². The van der Waals surface area contributed by atoms with Crippen LogP contribution in [0.15, 0.2) is 42.7 Å². The molecule has 1 aromatic carbocycles. The molecular formula is C20H25N3O2. The molecule has 1 heterocycles. The fourth-order valence-electron chi connectivity index (χ4n) is 3.10. The van der Waals surface area contributed by atoms with E-state index in [9.17, 15) is 9.90 Å². The fraction of sp³-hybridized carbons (Fsp3) is 0.400. The number of aliphatic hydroxyl groups excluding tert-OH is 1. The van der Waals surface area contributed by atoms with E-state index in [-0.39, 0.29) is 24.1 Å². The molecule has 3 N–H and O–H groups in total. The summed E-state index contributed by atoms with van der Waals surface area (Å²) < 4.78 is 0.